The topological polar surface area (TPSA) is 109 Å². The molecular formula is C33H43N9O+2. The number of anilines is 3. The van der Waals surface area contributed by atoms with Gasteiger partial charge in [0.2, 0.25) is 18.4 Å². The van der Waals surface area contributed by atoms with Crippen LogP contribution in [0.15, 0.2) is 115 Å². The molecule has 0 unspecified atom stereocenters. The number of rotatable bonds is 13. The second-order valence-corrected chi connectivity index (χ2v) is 10.5. The van der Waals surface area contributed by atoms with E-state index < -0.39 is 0 Å². The molecule has 5 rings (SSSR count). The van der Waals surface area contributed by atoms with E-state index >= 15 is 0 Å². The molecule has 0 fully saturated rings. The molecule has 0 amide bonds. The second-order valence-electron chi connectivity index (χ2n) is 10.5. The normalized spacial score (nSPS) is 13.7. The molecule has 0 saturated heterocycles. The van der Waals surface area contributed by atoms with Crippen LogP contribution >= 0.6 is 0 Å². The molecule has 2 heterocycles. The predicted octanol–water partition coefficient (Wildman–Crippen LogP) is 4.07. The van der Waals surface area contributed by atoms with Crippen LogP contribution in [-0.2, 0) is 32.0 Å². The van der Waals surface area contributed by atoms with Crippen molar-refractivity contribution < 1.29 is 13.9 Å². The zero-order valence-corrected chi connectivity index (χ0v) is 24.2. The molecule has 4 aromatic rings. The molecule has 10 heteroatoms. The Kier molecular flexibility index (Phi) is 10.5. The summed E-state index contributed by atoms with van der Waals surface area (Å²) in [5, 5.41) is 10.1. The second kappa shape index (κ2) is 14.7. The quantitative estimate of drug-likeness (QED) is 0.108. The number of aryl methyl sites for hydroxylation is 4. The number of nitrogens with zero attached hydrogens (tertiary/aromatic N) is 5. The summed E-state index contributed by atoms with van der Waals surface area (Å²) in [7, 11) is 4.04. The molecule has 224 valence electrons. The average Bonchev–Trinajstić information content (AvgIpc) is 3.60. The molecule has 0 bridgehead atoms. The fourth-order valence-electron chi connectivity index (χ4n) is 4.66. The number of carbonyl (C=O) groups is 1. The molecule has 0 spiro atoms. The number of hydrogen-bond donors (Lipinski definition) is 4. The van der Waals surface area contributed by atoms with Crippen LogP contribution in [0.4, 0.5) is 22.7 Å². The minimum absolute atomic E-state index is 0. The summed E-state index contributed by atoms with van der Waals surface area (Å²) < 4.78 is 8.42. The average molecular weight is 582 g/mol. The number of benzene rings is 2. The fraction of sp³-hybridized carbons (Fsp3) is 0.273. The number of allylic oxidation sites excluding steroid dienone is 2. The van der Waals surface area contributed by atoms with Gasteiger partial charge >= 0.3 is 0 Å². The molecular weight excluding hydrogens is 538 g/mol. The molecule has 5 N–H and O–H groups in total. The van der Waals surface area contributed by atoms with Crippen LogP contribution in [0.5, 0.6) is 0 Å². The van der Waals surface area contributed by atoms with Gasteiger partial charge in [0.25, 0.3) is 0 Å². The largest absolute Gasteiger partial charge is 0.397 e. The van der Waals surface area contributed by atoms with Gasteiger partial charge in [-0.3, -0.25) is 4.79 Å². The van der Waals surface area contributed by atoms with Gasteiger partial charge in [-0.05, 0) is 54.6 Å². The van der Waals surface area contributed by atoms with E-state index in [0.717, 1.165) is 61.8 Å². The van der Waals surface area contributed by atoms with Gasteiger partial charge in [0.1, 0.15) is 24.8 Å². The first-order valence-corrected chi connectivity index (χ1v) is 14.2. The zero-order chi connectivity index (χ0) is 29.3. The summed E-state index contributed by atoms with van der Waals surface area (Å²) in [6.07, 6.45) is 17.5. The van der Waals surface area contributed by atoms with E-state index in [0.29, 0.717) is 17.1 Å². The number of carbonyl (C=O) groups excluding carboxylic acids is 1. The Bertz CT molecular complexity index is 1590. The van der Waals surface area contributed by atoms with E-state index in [2.05, 4.69) is 50.1 Å². The molecule has 0 atom stereocenters. The van der Waals surface area contributed by atoms with E-state index in [1.54, 1.807) is 6.08 Å². The van der Waals surface area contributed by atoms with Crippen LogP contribution < -0.4 is 30.8 Å². The minimum atomic E-state index is -0.180. The third kappa shape index (κ3) is 8.93. The fourth-order valence-corrected chi connectivity index (χ4v) is 4.66. The molecule has 0 saturated carbocycles. The van der Waals surface area contributed by atoms with Crippen molar-refractivity contribution >= 4 is 34.2 Å². The summed E-state index contributed by atoms with van der Waals surface area (Å²) in [6, 6.07) is 15.8. The van der Waals surface area contributed by atoms with Gasteiger partial charge in [-0.25, -0.2) is 23.3 Å². The van der Waals surface area contributed by atoms with Crippen molar-refractivity contribution in [1.29, 1.82) is 0 Å². The first-order valence-electron chi connectivity index (χ1n) is 14.2. The Morgan fingerprint density at radius 3 is 1.79 bits per heavy atom. The lowest BCUT2D eigenvalue weighted by Gasteiger charge is -2.15. The van der Waals surface area contributed by atoms with Crippen molar-refractivity contribution in [2.75, 3.05) is 29.0 Å². The van der Waals surface area contributed by atoms with E-state index in [1.807, 2.05) is 84.2 Å². The van der Waals surface area contributed by atoms with E-state index in [4.69, 9.17) is 10.7 Å². The van der Waals surface area contributed by atoms with E-state index in [-0.39, 0.29) is 13.2 Å². The summed E-state index contributed by atoms with van der Waals surface area (Å²) in [4.78, 5) is 17.4. The molecule has 0 aliphatic heterocycles. The Balaban J connectivity index is 0.00000423. The van der Waals surface area contributed by atoms with Crippen molar-refractivity contribution in [2.45, 2.75) is 33.4 Å². The molecule has 43 heavy (non-hydrogen) atoms. The van der Waals surface area contributed by atoms with Crippen molar-refractivity contribution in [3.05, 3.63) is 110 Å². The van der Waals surface area contributed by atoms with E-state index in [9.17, 15) is 4.79 Å². The van der Waals surface area contributed by atoms with Crippen molar-refractivity contribution in [3.63, 3.8) is 0 Å². The SMILES string of the molecule is C.C[n+]1ccn(CCCNc2ccc(N=C3C=C(Nc4ccc(NCCCn5cc[n+](C)c5)cc4)C(=O)C=C3N)cc2)c1. The lowest BCUT2D eigenvalue weighted by molar-refractivity contribution is -0.671. The van der Waals surface area contributed by atoms with Crippen LogP contribution in [0.2, 0.25) is 0 Å². The lowest BCUT2D eigenvalue weighted by Crippen LogP contribution is -2.23. The Labute approximate surface area is 253 Å². The third-order valence-corrected chi connectivity index (χ3v) is 6.90. The predicted molar refractivity (Wildman–Crippen MR) is 173 cm³/mol. The van der Waals surface area contributed by atoms with Gasteiger partial charge < -0.3 is 21.7 Å². The van der Waals surface area contributed by atoms with Crippen molar-refractivity contribution in [1.82, 2.24) is 9.13 Å². The Morgan fingerprint density at radius 1 is 0.767 bits per heavy atom. The molecule has 0 radical (unpaired) electrons. The highest BCUT2D eigenvalue weighted by Crippen LogP contribution is 2.21. The van der Waals surface area contributed by atoms with Gasteiger partial charge in [-0.1, -0.05) is 7.43 Å². The molecule has 2 aromatic heterocycles. The first-order chi connectivity index (χ1) is 20.4. The number of imidazole rings is 2. The van der Waals surface area contributed by atoms with Crippen molar-refractivity contribution in [3.8, 4) is 0 Å². The summed E-state index contributed by atoms with van der Waals surface area (Å²) in [6.45, 7) is 3.66. The molecule has 1 aliphatic rings. The van der Waals surface area contributed by atoms with Crippen LogP contribution in [0.25, 0.3) is 0 Å². The standard InChI is InChI=1S/C32H38N9O.CH4/c1-38-17-19-40(23-38)15-3-13-34-25-5-9-27(10-6-25)36-30-22-31(32(42)21-29(30)33)37-28-11-7-26(8-12-28)35-14-4-16-41-20-18-39(2)24-41;/h5-12,17-24H,3-4,13-16H2,1-2H3,(H4-,33,34,35,36,37,42);1H4/q+1;/p+1. The maximum absolute atomic E-state index is 12.7. The van der Waals surface area contributed by atoms with Gasteiger partial charge in [-0.15, -0.1) is 0 Å². The van der Waals surface area contributed by atoms with E-state index in [1.165, 1.54) is 6.08 Å². The van der Waals surface area contributed by atoms with Gasteiger partial charge in [0.05, 0.1) is 50.0 Å². The molecule has 2 aromatic carbocycles. The third-order valence-electron chi connectivity index (χ3n) is 6.90. The van der Waals surface area contributed by atoms with Crippen molar-refractivity contribution in [2.24, 2.45) is 24.8 Å². The first kappa shape index (κ1) is 30.8. The number of nitrogens with two attached hydrogens (primary N) is 1. The monoisotopic (exact) mass is 581 g/mol. The number of ketones is 1. The summed E-state index contributed by atoms with van der Waals surface area (Å²) >= 11 is 0. The molecule has 1 aliphatic carbocycles. The highest BCUT2D eigenvalue weighted by atomic mass is 16.1. The maximum atomic E-state index is 12.7. The highest BCUT2D eigenvalue weighted by molar-refractivity contribution is 6.23. The summed E-state index contributed by atoms with van der Waals surface area (Å²) in [5.74, 6) is -0.180. The van der Waals surface area contributed by atoms with Crippen LogP contribution in [0.3, 0.4) is 0 Å². The minimum Gasteiger partial charge on any atom is -0.397 e. The van der Waals surface area contributed by atoms with Gasteiger partial charge in [-0.2, -0.15) is 0 Å². The number of hydrogen-bond acceptors (Lipinski definition) is 6. The number of nitrogens with one attached hydrogen (secondary N) is 3. The van der Waals surface area contributed by atoms with Crippen LogP contribution in [0.1, 0.15) is 20.3 Å². The zero-order valence-electron chi connectivity index (χ0n) is 24.2. The Hall–Kier alpha value is -5.12. The van der Waals surface area contributed by atoms with Gasteiger partial charge in [0, 0.05) is 49.1 Å². The van der Waals surface area contributed by atoms with Crippen LogP contribution in [0, 0.1) is 0 Å². The van der Waals surface area contributed by atoms with Crippen LogP contribution in [-0.4, -0.2) is 33.7 Å². The summed E-state index contributed by atoms with van der Waals surface area (Å²) in [5.41, 5.74) is 11.1. The highest BCUT2D eigenvalue weighted by Gasteiger charge is 2.17. The number of aromatic nitrogens is 4. The smallest absolute Gasteiger partial charge is 0.243 e. The maximum Gasteiger partial charge on any atom is 0.243 e. The number of aliphatic imine (C=N–C) groups is 1. The van der Waals surface area contributed by atoms with Gasteiger partial charge in [0.15, 0.2) is 0 Å². The molecule has 10 nitrogen and oxygen atoms in total. The Morgan fingerprint density at radius 2 is 1.28 bits per heavy atom. The lowest BCUT2D eigenvalue weighted by atomic mass is 10.1.